The second-order valence-electron chi connectivity index (χ2n) is 5.12. The summed E-state index contributed by atoms with van der Waals surface area (Å²) in [5, 5.41) is 11.2. The van der Waals surface area contributed by atoms with Crippen molar-refractivity contribution in [2.24, 2.45) is 5.73 Å². The van der Waals surface area contributed by atoms with Crippen molar-refractivity contribution in [2.45, 2.75) is 12.5 Å². The number of carboxylic acid groups (broad SMARTS) is 1. The third-order valence-corrected chi connectivity index (χ3v) is 3.38. The topological polar surface area (TPSA) is 139 Å². The summed E-state index contributed by atoms with van der Waals surface area (Å²) in [5.74, 6) is -2.19. The number of carbonyl (C=O) groups excluding carboxylic acids is 3. The van der Waals surface area contributed by atoms with Crippen LogP contribution in [-0.2, 0) is 19.9 Å². The number of ether oxygens (including phenoxy) is 1. The molecule has 0 unspecified atom stereocenters. The molecule has 2 rings (SSSR count). The molecule has 0 saturated carbocycles. The first-order valence-electron chi connectivity index (χ1n) is 6.61. The predicted molar refractivity (Wildman–Crippen MR) is 76.4 cm³/mol. The average molecular weight is 321 g/mol. The standard InChI is InChI=1S/C14H15N3O6/c1-14(12(21)17(6-11(19)20)13(22)16-14)8-2-4-9(5-3-8)23-7-10(15)18/h2-5H,6-7H2,1H3,(H2,15,18)(H,16,22)(H,19,20)/t14-/m1/s1. The quantitative estimate of drug-likeness (QED) is 0.598. The van der Waals surface area contributed by atoms with Crippen LogP contribution in [0.4, 0.5) is 4.79 Å². The molecule has 9 nitrogen and oxygen atoms in total. The number of nitrogens with two attached hydrogens (primary N) is 1. The second-order valence-corrected chi connectivity index (χ2v) is 5.12. The van der Waals surface area contributed by atoms with E-state index in [1.807, 2.05) is 0 Å². The number of amides is 4. The Morgan fingerprint density at radius 2 is 1.91 bits per heavy atom. The number of carbonyl (C=O) groups is 4. The highest BCUT2D eigenvalue weighted by Gasteiger charge is 2.49. The van der Waals surface area contributed by atoms with E-state index in [1.165, 1.54) is 19.1 Å². The summed E-state index contributed by atoms with van der Waals surface area (Å²) >= 11 is 0. The molecule has 0 radical (unpaired) electrons. The maximum absolute atomic E-state index is 12.4. The van der Waals surface area contributed by atoms with E-state index in [0.29, 0.717) is 16.2 Å². The van der Waals surface area contributed by atoms with Crippen LogP contribution in [0.25, 0.3) is 0 Å². The van der Waals surface area contributed by atoms with E-state index in [0.717, 1.165) is 0 Å². The van der Waals surface area contributed by atoms with Gasteiger partial charge in [0.1, 0.15) is 17.8 Å². The number of rotatable bonds is 6. The molecule has 0 aliphatic carbocycles. The lowest BCUT2D eigenvalue weighted by molar-refractivity contribution is -0.142. The van der Waals surface area contributed by atoms with Crippen LogP contribution < -0.4 is 15.8 Å². The molecule has 0 bridgehead atoms. The van der Waals surface area contributed by atoms with E-state index in [1.54, 1.807) is 12.1 Å². The number of carboxylic acids is 1. The van der Waals surface area contributed by atoms with Gasteiger partial charge >= 0.3 is 12.0 Å². The number of imide groups is 1. The Kier molecular flexibility index (Phi) is 4.21. The first-order valence-corrected chi connectivity index (χ1v) is 6.61. The van der Waals surface area contributed by atoms with Gasteiger partial charge in [-0.2, -0.15) is 0 Å². The van der Waals surface area contributed by atoms with Gasteiger partial charge in [0.2, 0.25) is 0 Å². The lowest BCUT2D eigenvalue weighted by atomic mass is 9.92. The normalized spacial score (nSPS) is 20.3. The van der Waals surface area contributed by atoms with Crippen LogP contribution in [-0.4, -0.2) is 47.0 Å². The summed E-state index contributed by atoms with van der Waals surface area (Å²) in [6.07, 6.45) is 0. The molecule has 1 aliphatic heterocycles. The Bertz CT molecular complexity index is 672. The average Bonchev–Trinajstić information content (AvgIpc) is 2.70. The van der Waals surface area contributed by atoms with Gasteiger partial charge in [0.25, 0.3) is 11.8 Å². The Hall–Kier alpha value is -3.10. The van der Waals surface area contributed by atoms with Crippen molar-refractivity contribution in [2.75, 3.05) is 13.2 Å². The van der Waals surface area contributed by atoms with Crippen LogP contribution in [0.2, 0.25) is 0 Å². The van der Waals surface area contributed by atoms with E-state index in [4.69, 9.17) is 15.6 Å². The smallest absolute Gasteiger partial charge is 0.325 e. The van der Waals surface area contributed by atoms with Crippen LogP contribution in [0.1, 0.15) is 12.5 Å². The molecule has 122 valence electrons. The molecule has 1 aliphatic rings. The minimum atomic E-state index is -1.37. The highest BCUT2D eigenvalue weighted by molar-refractivity contribution is 6.08. The van der Waals surface area contributed by atoms with Gasteiger partial charge in [0, 0.05) is 0 Å². The Morgan fingerprint density at radius 1 is 1.30 bits per heavy atom. The molecule has 1 atom stereocenters. The second kappa shape index (κ2) is 5.95. The predicted octanol–water partition coefficient (Wildman–Crippen LogP) is -0.598. The molecule has 1 saturated heterocycles. The molecule has 1 aromatic carbocycles. The Balaban J connectivity index is 2.20. The SMILES string of the molecule is C[C@]1(c2ccc(OCC(N)=O)cc2)NC(=O)N(CC(=O)O)C1=O. The minimum absolute atomic E-state index is 0.279. The van der Waals surface area contributed by atoms with Gasteiger partial charge in [-0.1, -0.05) is 12.1 Å². The number of aliphatic carboxylic acids is 1. The summed E-state index contributed by atoms with van der Waals surface area (Å²) in [5.41, 5.74) is 4.06. The summed E-state index contributed by atoms with van der Waals surface area (Å²) in [6, 6.07) is 5.34. The van der Waals surface area contributed by atoms with Crippen LogP contribution in [0, 0.1) is 0 Å². The van der Waals surface area contributed by atoms with Gasteiger partial charge in [0.15, 0.2) is 6.61 Å². The van der Waals surface area contributed by atoms with Crippen LogP contribution in [0.3, 0.4) is 0 Å². The molecular formula is C14H15N3O6. The third-order valence-electron chi connectivity index (χ3n) is 3.38. The number of hydrogen-bond donors (Lipinski definition) is 3. The summed E-state index contributed by atoms with van der Waals surface area (Å²) in [4.78, 5) is 46.2. The Morgan fingerprint density at radius 3 is 2.43 bits per heavy atom. The molecular weight excluding hydrogens is 306 g/mol. The van der Waals surface area contributed by atoms with Crippen molar-refractivity contribution in [3.05, 3.63) is 29.8 Å². The molecule has 0 spiro atoms. The third kappa shape index (κ3) is 3.23. The maximum atomic E-state index is 12.4. The number of benzene rings is 1. The molecule has 0 aromatic heterocycles. The number of nitrogens with zero attached hydrogens (tertiary/aromatic N) is 1. The Labute approximate surface area is 131 Å². The van der Waals surface area contributed by atoms with Gasteiger partial charge in [-0.05, 0) is 24.6 Å². The lowest BCUT2D eigenvalue weighted by Gasteiger charge is -2.22. The van der Waals surface area contributed by atoms with E-state index >= 15 is 0 Å². The fourth-order valence-electron chi connectivity index (χ4n) is 2.21. The van der Waals surface area contributed by atoms with Crippen molar-refractivity contribution >= 4 is 23.8 Å². The summed E-state index contributed by atoms with van der Waals surface area (Å²) < 4.78 is 5.10. The number of hydrogen-bond acceptors (Lipinski definition) is 5. The lowest BCUT2D eigenvalue weighted by Crippen LogP contribution is -2.41. The first kappa shape index (κ1) is 16.3. The number of nitrogens with one attached hydrogen (secondary N) is 1. The molecule has 4 N–H and O–H groups in total. The largest absolute Gasteiger partial charge is 0.484 e. The molecule has 9 heteroatoms. The van der Waals surface area contributed by atoms with Gasteiger partial charge in [-0.25, -0.2) is 4.79 Å². The number of urea groups is 1. The van der Waals surface area contributed by atoms with Crippen molar-refractivity contribution in [3.63, 3.8) is 0 Å². The molecule has 1 fully saturated rings. The minimum Gasteiger partial charge on any atom is -0.484 e. The van der Waals surface area contributed by atoms with E-state index in [9.17, 15) is 19.2 Å². The highest BCUT2D eigenvalue weighted by Crippen LogP contribution is 2.29. The van der Waals surface area contributed by atoms with Gasteiger partial charge in [0.05, 0.1) is 0 Å². The van der Waals surface area contributed by atoms with Crippen molar-refractivity contribution in [1.82, 2.24) is 10.2 Å². The van der Waals surface area contributed by atoms with Gasteiger partial charge in [-0.3, -0.25) is 19.3 Å². The fourth-order valence-corrected chi connectivity index (χ4v) is 2.21. The zero-order valence-corrected chi connectivity index (χ0v) is 12.2. The van der Waals surface area contributed by atoms with Crippen molar-refractivity contribution in [3.8, 4) is 5.75 Å². The van der Waals surface area contributed by atoms with Gasteiger partial charge < -0.3 is 20.9 Å². The van der Waals surface area contributed by atoms with E-state index < -0.39 is 35.9 Å². The monoisotopic (exact) mass is 321 g/mol. The maximum Gasteiger partial charge on any atom is 0.325 e. The van der Waals surface area contributed by atoms with Crippen LogP contribution >= 0.6 is 0 Å². The number of primary amides is 1. The fraction of sp³-hybridized carbons (Fsp3) is 0.286. The summed E-state index contributed by atoms with van der Waals surface area (Å²) in [6.45, 7) is 0.493. The highest BCUT2D eigenvalue weighted by atomic mass is 16.5. The molecule has 23 heavy (non-hydrogen) atoms. The van der Waals surface area contributed by atoms with Crippen molar-refractivity contribution < 1.29 is 29.0 Å². The van der Waals surface area contributed by atoms with Crippen molar-refractivity contribution in [1.29, 1.82) is 0 Å². The molecule has 1 heterocycles. The summed E-state index contributed by atoms with van der Waals surface area (Å²) in [7, 11) is 0. The van der Waals surface area contributed by atoms with Crippen LogP contribution in [0.5, 0.6) is 5.75 Å². The molecule has 4 amide bonds. The first-order chi connectivity index (χ1) is 10.7. The van der Waals surface area contributed by atoms with Crippen LogP contribution in [0.15, 0.2) is 24.3 Å². The zero-order chi connectivity index (χ0) is 17.2. The molecule has 1 aromatic rings. The van der Waals surface area contributed by atoms with Gasteiger partial charge in [-0.15, -0.1) is 0 Å². The van der Waals surface area contributed by atoms with E-state index in [-0.39, 0.29) is 6.61 Å². The van der Waals surface area contributed by atoms with E-state index in [2.05, 4.69) is 5.32 Å². The zero-order valence-electron chi connectivity index (χ0n) is 12.2.